The lowest BCUT2D eigenvalue weighted by Crippen LogP contribution is -2.51. The van der Waals surface area contributed by atoms with Crippen molar-refractivity contribution >= 4 is 5.91 Å². The SMILES string of the molecule is O=C1NCC2(CCNCC2)c2[nH]c(-c3nc(-c4ccc5c(c4)OCO5)ncc3F)cc21. The Morgan fingerprint density at radius 3 is 2.81 bits per heavy atom. The summed E-state index contributed by atoms with van der Waals surface area (Å²) in [5, 5.41) is 6.36. The molecule has 0 atom stereocenters. The number of carbonyl (C=O) groups excluding carboxylic acids is 1. The van der Waals surface area contributed by atoms with Gasteiger partial charge in [0.15, 0.2) is 23.1 Å². The Bertz CT molecular complexity index is 1200. The lowest BCUT2D eigenvalue weighted by Gasteiger charge is -2.40. The third kappa shape index (κ3) is 2.88. The first-order chi connectivity index (χ1) is 15.1. The summed E-state index contributed by atoms with van der Waals surface area (Å²) in [4.78, 5) is 24.5. The third-order valence-electron chi connectivity index (χ3n) is 6.37. The van der Waals surface area contributed by atoms with Gasteiger partial charge in [-0.3, -0.25) is 4.79 Å². The van der Waals surface area contributed by atoms with Crippen LogP contribution in [-0.2, 0) is 5.41 Å². The fourth-order valence-electron chi connectivity index (χ4n) is 4.68. The molecule has 2 aromatic heterocycles. The lowest BCUT2D eigenvalue weighted by molar-refractivity contribution is 0.0913. The molecule has 1 spiro atoms. The number of fused-ring (bicyclic) bond motifs is 3. The predicted molar refractivity (Wildman–Crippen MR) is 109 cm³/mol. The van der Waals surface area contributed by atoms with Gasteiger partial charge in [0.2, 0.25) is 6.79 Å². The van der Waals surface area contributed by atoms with Crippen LogP contribution in [0.15, 0.2) is 30.5 Å². The van der Waals surface area contributed by atoms with Crippen molar-refractivity contribution in [2.45, 2.75) is 18.3 Å². The highest BCUT2D eigenvalue weighted by molar-refractivity contribution is 5.98. The summed E-state index contributed by atoms with van der Waals surface area (Å²) < 4.78 is 25.6. The van der Waals surface area contributed by atoms with E-state index in [1.807, 2.05) is 6.07 Å². The number of piperidine rings is 1. The summed E-state index contributed by atoms with van der Waals surface area (Å²) in [6.45, 7) is 2.50. The maximum atomic E-state index is 14.8. The molecule has 1 saturated heterocycles. The molecule has 3 aliphatic heterocycles. The molecule has 8 nitrogen and oxygen atoms in total. The molecule has 0 saturated carbocycles. The Morgan fingerprint density at radius 1 is 1.10 bits per heavy atom. The number of carbonyl (C=O) groups is 1. The monoisotopic (exact) mass is 421 g/mol. The maximum absolute atomic E-state index is 14.8. The second-order valence-corrected chi connectivity index (χ2v) is 8.14. The van der Waals surface area contributed by atoms with E-state index in [0.29, 0.717) is 40.7 Å². The normalized spacial score (nSPS) is 18.7. The first kappa shape index (κ1) is 18.3. The molecule has 1 aromatic carbocycles. The number of benzene rings is 1. The number of aromatic nitrogens is 3. The molecule has 3 aliphatic rings. The summed E-state index contributed by atoms with van der Waals surface area (Å²) in [5.74, 6) is 0.923. The van der Waals surface area contributed by atoms with Crippen LogP contribution in [0.2, 0.25) is 0 Å². The lowest BCUT2D eigenvalue weighted by atomic mass is 9.73. The number of H-pyrrole nitrogens is 1. The molecule has 3 aromatic rings. The van der Waals surface area contributed by atoms with Crippen LogP contribution in [0.25, 0.3) is 22.8 Å². The molecule has 1 amide bonds. The van der Waals surface area contributed by atoms with Crippen molar-refractivity contribution in [3.8, 4) is 34.3 Å². The Hall–Kier alpha value is -3.46. The molecule has 5 heterocycles. The van der Waals surface area contributed by atoms with Crippen molar-refractivity contribution in [3.63, 3.8) is 0 Å². The summed E-state index contributed by atoms with van der Waals surface area (Å²) in [7, 11) is 0. The van der Waals surface area contributed by atoms with Gasteiger partial charge >= 0.3 is 0 Å². The number of aromatic amines is 1. The van der Waals surface area contributed by atoms with Gasteiger partial charge in [0.05, 0.1) is 17.5 Å². The summed E-state index contributed by atoms with van der Waals surface area (Å²) in [5.41, 5.74) is 2.56. The number of amides is 1. The van der Waals surface area contributed by atoms with Crippen LogP contribution in [0.1, 0.15) is 28.9 Å². The number of ether oxygens (including phenoxy) is 2. The Balaban J connectivity index is 1.43. The zero-order valence-electron chi connectivity index (χ0n) is 16.6. The second kappa shape index (κ2) is 6.78. The Morgan fingerprint density at radius 2 is 1.94 bits per heavy atom. The zero-order chi connectivity index (χ0) is 21.0. The molecule has 158 valence electrons. The van der Waals surface area contributed by atoms with Crippen molar-refractivity contribution in [3.05, 3.63) is 47.5 Å². The van der Waals surface area contributed by atoms with E-state index in [0.717, 1.165) is 37.8 Å². The van der Waals surface area contributed by atoms with E-state index in [4.69, 9.17) is 9.47 Å². The van der Waals surface area contributed by atoms with Gasteiger partial charge in [0.25, 0.3) is 5.91 Å². The van der Waals surface area contributed by atoms with Crippen LogP contribution in [0, 0.1) is 5.82 Å². The van der Waals surface area contributed by atoms with Crippen LogP contribution in [-0.4, -0.2) is 47.3 Å². The van der Waals surface area contributed by atoms with Crippen LogP contribution in [0.4, 0.5) is 4.39 Å². The number of hydrogen-bond donors (Lipinski definition) is 3. The standard InChI is InChI=1S/C22H20FN5O3/c23-14-9-25-20(12-1-2-16-17(7-12)31-11-30-16)28-18(14)15-8-13-19(27-15)22(10-26-21(13)29)3-5-24-6-4-22/h1-2,7-9,24,27H,3-6,10-11H2,(H,26,29). The molecule has 3 N–H and O–H groups in total. The van der Waals surface area contributed by atoms with Crippen molar-refractivity contribution in [1.29, 1.82) is 0 Å². The largest absolute Gasteiger partial charge is 0.454 e. The van der Waals surface area contributed by atoms with Gasteiger partial charge in [-0.15, -0.1) is 0 Å². The molecule has 0 radical (unpaired) electrons. The van der Waals surface area contributed by atoms with Crippen molar-refractivity contribution in [1.82, 2.24) is 25.6 Å². The summed E-state index contributed by atoms with van der Waals surface area (Å²) in [6, 6.07) is 7.06. The topological polar surface area (TPSA) is 101 Å². The van der Waals surface area contributed by atoms with E-state index in [-0.39, 0.29) is 23.8 Å². The Labute approximate surface area is 177 Å². The predicted octanol–water partition coefficient (Wildman–Crippen LogP) is 2.37. The van der Waals surface area contributed by atoms with E-state index < -0.39 is 5.82 Å². The quantitative estimate of drug-likeness (QED) is 0.587. The smallest absolute Gasteiger partial charge is 0.253 e. The van der Waals surface area contributed by atoms with E-state index >= 15 is 0 Å². The van der Waals surface area contributed by atoms with E-state index in [1.165, 1.54) is 0 Å². The average Bonchev–Trinajstić information content (AvgIpc) is 3.45. The number of nitrogens with zero attached hydrogens (tertiary/aromatic N) is 2. The minimum atomic E-state index is -0.553. The zero-order valence-corrected chi connectivity index (χ0v) is 16.6. The first-order valence-electron chi connectivity index (χ1n) is 10.3. The molecule has 0 bridgehead atoms. The van der Waals surface area contributed by atoms with Crippen molar-refractivity contribution in [2.75, 3.05) is 26.4 Å². The van der Waals surface area contributed by atoms with E-state index in [1.54, 1.807) is 18.2 Å². The highest BCUT2D eigenvalue weighted by Gasteiger charge is 2.42. The van der Waals surface area contributed by atoms with Gasteiger partial charge < -0.3 is 25.1 Å². The molecule has 0 unspecified atom stereocenters. The third-order valence-corrected chi connectivity index (χ3v) is 6.37. The molecule has 0 aliphatic carbocycles. The molecule has 9 heteroatoms. The van der Waals surface area contributed by atoms with Crippen LogP contribution < -0.4 is 20.1 Å². The van der Waals surface area contributed by atoms with Crippen LogP contribution in [0.5, 0.6) is 11.5 Å². The van der Waals surface area contributed by atoms with Gasteiger partial charge in [0, 0.05) is 23.2 Å². The van der Waals surface area contributed by atoms with Gasteiger partial charge in [-0.05, 0) is 50.2 Å². The van der Waals surface area contributed by atoms with Crippen molar-refractivity contribution in [2.24, 2.45) is 0 Å². The number of halogens is 1. The fraction of sp³-hybridized carbons (Fsp3) is 0.318. The van der Waals surface area contributed by atoms with Gasteiger partial charge in [-0.25, -0.2) is 14.4 Å². The van der Waals surface area contributed by atoms with Crippen LogP contribution >= 0.6 is 0 Å². The van der Waals surface area contributed by atoms with Gasteiger partial charge in [0.1, 0.15) is 5.69 Å². The summed E-state index contributed by atoms with van der Waals surface area (Å²) in [6.07, 6.45) is 2.95. The fourth-order valence-corrected chi connectivity index (χ4v) is 4.68. The molecule has 1 fully saturated rings. The molecule has 6 rings (SSSR count). The minimum Gasteiger partial charge on any atom is -0.454 e. The molecule has 31 heavy (non-hydrogen) atoms. The van der Waals surface area contributed by atoms with Crippen LogP contribution in [0.3, 0.4) is 0 Å². The highest BCUT2D eigenvalue weighted by Crippen LogP contribution is 2.40. The first-order valence-corrected chi connectivity index (χ1v) is 10.3. The number of hydrogen-bond acceptors (Lipinski definition) is 6. The second-order valence-electron chi connectivity index (χ2n) is 8.14. The number of nitrogens with one attached hydrogen (secondary N) is 3. The van der Waals surface area contributed by atoms with Gasteiger partial charge in [-0.1, -0.05) is 0 Å². The van der Waals surface area contributed by atoms with E-state index in [9.17, 15) is 9.18 Å². The van der Waals surface area contributed by atoms with E-state index in [2.05, 4.69) is 25.6 Å². The molecular formula is C22H20FN5O3. The Kier molecular flexibility index (Phi) is 4.01. The number of rotatable bonds is 2. The minimum absolute atomic E-state index is 0.133. The average molecular weight is 421 g/mol. The molecular weight excluding hydrogens is 401 g/mol. The maximum Gasteiger partial charge on any atom is 0.253 e. The summed E-state index contributed by atoms with van der Waals surface area (Å²) >= 11 is 0. The van der Waals surface area contributed by atoms with Crippen molar-refractivity contribution < 1.29 is 18.7 Å². The highest BCUT2D eigenvalue weighted by atomic mass is 19.1. The van der Waals surface area contributed by atoms with Gasteiger partial charge in [-0.2, -0.15) is 0 Å².